The molecule has 0 spiro atoms. The fourth-order valence-corrected chi connectivity index (χ4v) is 2.78. The van der Waals surface area contributed by atoms with Crippen LogP contribution in [-0.2, 0) is 13.1 Å². The molecule has 0 radical (unpaired) electrons. The number of aromatic nitrogens is 2. The third-order valence-electron chi connectivity index (χ3n) is 2.91. The Labute approximate surface area is 117 Å². The molecule has 2 heterocycles. The Bertz CT molecular complexity index is 577. The molecule has 0 bridgehead atoms. The minimum absolute atomic E-state index is 0.754. The largest absolute Gasteiger partial charge is 0.312 e. The summed E-state index contributed by atoms with van der Waals surface area (Å²) in [6.45, 7) is 6.84. The van der Waals surface area contributed by atoms with Crippen LogP contribution in [0.1, 0.15) is 28.2 Å². The smallest absolute Gasteiger partial charge is 0.100 e. The van der Waals surface area contributed by atoms with E-state index < -0.39 is 0 Å². The second kappa shape index (κ2) is 6.50. The summed E-state index contributed by atoms with van der Waals surface area (Å²) in [5.74, 6) is 0. The summed E-state index contributed by atoms with van der Waals surface area (Å²) in [6, 6.07) is 6.19. The number of hydrogen-bond acceptors (Lipinski definition) is 4. The zero-order valence-corrected chi connectivity index (χ0v) is 12.1. The highest BCUT2D eigenvalue weighted by molar-refractivity contribution is 7.10. The van der Waals surface area contributed by atoms with Crippen LogP contribution in [0.25, 0.3) is 0 Å². The third-order valence-corrected chi connectivity index (χ3v) is 3.85. The Kier molecular flexibility index (Phi) is 4.72. The van der Waals surface area contributed by atoms with Crippen molar-refractivity contribution >= 4 is 11.3 Å². The van der Waals surface area contributed by atoms with Gasteiger partial charge in [0, 0.05) is 29.0 Å². The van der Waals surface area contributed by atoms with Crippen molar-refractivity contribution in [2.24, 2.45) is 0 Å². The van der Waals surface area contributed by atoms with Crippen LogP contribution in [0, 0.1) is 25.2 Å². The summed E-state index contributed by atoms with van der Waals surface area (Å²) in [7, 11) is 0. The minimum atomic E-state index is 0.754. The molecule has 0 fully saturated rings. The molecule has 0 saturated heterocycles. The lowest BCUT2D eigenvalue weighted by Crippen LogP contribution is -2.16. The van der Waals surface area contributed by atoms with E-state index in [-0.39, 0.29) is 0 Å². The summed E-state index contributed by atoms with van der Waals surface area (Å²) in [6.07, 6.45) is 1.05. The quantitative estimate of drug-likeness (QED) is 0.824. The van der Waals surface area contributed by atoms with Gasteiger partial charge >= 0.3 is 0 Å². The van der Waals surface area contributed by atoms with Gasteiger partial charge in [0.2, 0.25) is 0 Å². The fraction of sp³-hybridized carbons (Fsp3) is 0.429. The van der Waals surface area contributed by atoms with Crippen molar-refractivity contribution in [1.29, 1.82) is 5.26 Å². The molecule has 2 aromatic heterocycles. The van der Waals surface area contributed by atoms with Gasteiger partial charge in [0.1, 0.15) is 6.07 Å². The molecule has 0 aliphatic heterocycles. The van der Waals surface area contributed by atoms with Gasteiger partial charge in [0.15, 0.2) is 0 Å². The van der Waals surface area contributed by atoms with Gasteiger partial charge < -0.3 is 5.32 Å². The van der Waals surface area contributed by atoms with E-state index in [0.29, 0.717) is 0 Å². The molecule has 0 aliphatic carbocycles. The maximum atomic E-state index is 8.74. The van der Waals surface area contributed by atoms with Gasteiger partial charge in [-0.3, -0.25) is 4.68 Å². The number of rotatable bonds is 6. The van der Waals surface area contributed by atoms with Gasteiger partial charge in [-0.05, 0) is 38.9 Å². The highest BCUT2D eigenvalue weighted by atomic mass is 32.1. The first-order chi connectivity index (χ1) is 9.19. The first kappa shape index (κ1) is 13.8. The second-order valence-corrected chi connectivity index (χ2v) is 5.59. The van der Waals surface area contributed by atoms with Gasteiger partial charge in [-0.1, -0.05) is 0 Å². The molecule has 0 saturated carbocycles. The molecular formula is C14H18N4S. The average Bonchev–Trinajstić information content (AvgIpc) is 2.96. The number of nitrogens with one attached hydrogen (secondary N) is 1. The van der Waals surface area contributed by atoms with Crippen LogP contribution < -0.4 is 5.32 Å². The van der Waals surface area contributed by atoms with E-state index in [1.54, 1.807) is 11.3 Å². The molecule has 1 N–H and O–H groups in total. The van der Waals surface area contributed by atoms with Crippen molar-refractivity contribution < 1.29 is 0 Å². The van der Waals surface area contributed by atoms with Gasteiger partial charge in [-0.2, -0.15) is 10.4 Å². The van der Waals surface area contributed by atoms with Crippen molar-refractivity contribution in [3.63, 3.8) is 0 Å². The molecule has 100 valence electrons. The summed E-state index contributed by atoms with van der Waals surface area (Å²) >= 11 is 1.63. The van der Waals surface area contributed by atoms with Gasteiger partial charge in [-0.25, -0.2) is 0 Å². The Hall–Kier alpha value is -1.64. The number of thiophene rings is 1. The summed E-state index contributed by atoms with van der Waals surface area (Å²) < 4.78 is 2.05. The Morgan fingerprint density at radius 2 is 2.26 bits per heavy atom. The van der Waals surface area contributed by atoms with Crippen molar-refractivity contribution in [1.82, 2.24) is 15.1 Å². The van der Waals surface area contributed by atoms with Gasteiger partial charge in [0.25, 0.3) is 0 Å². The fourth-order valence-electron chi connectivity index (χ4n) is 2.00. The standard InChI is InChI=1S/C14H18N4S/c1-11-6-12(2)18(17-11)5-3-4-16-9-14-7-13(8-15)10-19-14/h6-7,10,16H,3-5,9H2,1-2H3. The lowest BCUT2D eigenvalue weighted by atomic mass is 10.3. The van der Waals surface area contributed by atoms with Crippen LogP contribution in [0.5, 0.6) is 0 Å². The number of nitriles is 1. The van der Waals surface area contributed by atoms with E-state index in [9.17, 15) is 0 Å². The summed E-state index contributed by atoms with van der Waals surface area (Å²) in [5, 5.41) is 18.5. The zero-order valence-electron chi connectivity index (χ0n) is 11.3. The molecule has 5 heteroatoms. The van der Waals surface area contributed by atoms with Crippen LogP contribution in [0.3, 0.4) is 0 Å². The predicted octanol–water partition coefficient (Wildman–Crippen LogP) is 2.61. The van der Waals surface area contributed by atoms with Crippen LogP contribution in [0.4, 0.5) is 0 Å². The molecule has 0 aromatic carbocycles. The Morgan fingerprint density at radius 3 is 2.89 bits per heavy atom. The number of hydrogen-bond donors (Lipinski definition) is 1. The molecule has 2 rings (SSSR count). The molecular weight excluding hydrogens is 256 g/mol. The monoisotopic (exact) mass is 274 g/mol. The first-order valence-electron chi connectivity index (χ1n) is 6.38. The van der Waals surface area contributed by atoms with Crippen molar-refractivity contribution in [3.8, 4) is 6.07 Å². The van der Waals surface area contributed by atoms with E-state index in [1.165, 1.54) is 10.6 Å². The lowest BCUT2D eigenvalue weighted by Gasteiger charge is -2.05. The molecule has 19 heavy (non-hydrogen) atoms. The van der Waals surface area contributed by atoms with E-state index in [1.807, 2.05) is 18.4 Å². The molecule has 0 atom stereocenters. The van der Waals surface area contributed by atoms with Gasteiger partial charge in [-0.15, -0.1) is 11.3 Å². The lowest BCUT2D eigenvalue weighted by molar-refractivity contribution is 0.533. The molecule has 0 unspecified atom stereocenters. The van der Waals surface area contributed by atoms with Crippen molar-refractivity contribution in [2.75, 3.05) is 6.54 Å². The molecule has 2 aromatic rings. The third kappa shape index (κ3) is 3.91. The maximum absolute atomic E-state index is 8.74. The molecule has 4 nitrogen and oxygen atoms in total. The normalized spacial score (nSPS) is 10.6. The van der Waals surface area contributed by atoms with Crippen LogP contribution in [0.15, 0.2) is 17.5 Å². The van der Waals surface area contributed by atoms with E-state index in [4.69, 9.17) is 5.26 Å². The average molecular weight is 274 g/mol. The molecule has 0 aliphatic rings. The highest BCUT2D eigenvalue weighted by Crippen LogP contribution is 2.13. The van der Waals surface area contributed by atoms with E-state index in [2.05, 4.69) is 34.2 Å². The second-order valence-electron chi connectivity index (χ2n) is 4.59. The summed E-state index contributed by atoms with van der Waals surface area (Å²) in [4.78, 5) is 1.21. The zero-order chi connectivity index (χ0) is 13.7. The number of aryl methyl sites for hydroxylation is 3. The first-order valence-corrected chi connectivity index (χ1v) is 7.26. The van der Waals surface area contributed by atoms with Crippen molar-refractivity contribution in [2.45, 2.75) is 33.4 Å². The highest BCUT2D eigenvalue weighted by Gasteiger charge is 2.01. The van der Waals surface area contributed by atoms with Crippen molar-refractivity contribution in [3.05, 3.63) is 39.3 Å². The maximum Gasteiger partial charge on any atom is 0.100 e. The van der Waals surface area contributed by atoms with Crippen LogP contribution >= 0.6 is 11.3 Å². The Morgan fingerprint density at radius 1 is 1.42 bits per heavy atom. The minimum Gasteiger partial charge on any atom is -0.312 e. The SMILES string of the molecule is Cc1cc(C)n(CCCNCc2cc(C#N)cs2)n1. The Balaban J connectivity index is 1.67. The topological polar surface area (TPSA) is 53.6 Å². The predicted molar refractivity (Wildman–Crippen MR) is 77.1 cm³/mol. The van der Waals surface area contributed by atoms with Crippen LogP contribution in [0.2, 0.25) is 0 Å². The molecule has 0 amide bonds. The van der Waals surface area contributed by atoms with Crippen LogP contribution in [-0.4, -0.2) is 16.3 Å². The number of nitrogens with zero attached hydrogens (tertiary/aromatic N) is 3. The van der Waals surface area contributed by atoms with E-state index in [0.717, 1.165) is 37.3 Å². The summed E-state index contributed by atoms with van der Waals surface area (Å²) in [5.41, 5.74) is 3.05. The van der Waals surface area contributed by atoms with E-state index >= 15 is 0 Å². The van der Waals surface area contributed by atoms with Gasteiger partial charge in [0.05, 0.1) is 11.3 Å².